The van der Waals surface area contributed by atoms with Gasteiger partial charge in [0, 0.05) is 18.3 Å². The predicted octanol–water partition coefficient (Wildman–Crippen LogP) is -1.63. The first-order chi connectivity index (χ1) is 11.6. The number of hydrogen-bond acceptors (Lipinski definition) is 6. The van der Waals surface area contributed by atoms with Crippen LogP contribution in [0, 0.1) is 5.92 Å². The Bertz CT molecular complexity index is 587. The second kappa shape index (κ2) is 9.14. The Kier molecular flexibility index (Phi) is 7.52. The molecule has 0 aliphatic rings. The van der Waals surface area contributed by atoms with Gasteiger partial charge in [-0.25, -0.2) is 9.78 Å². The second-order valence-corrected chi connectivity index (χ2v) is 6.18. The maximum absolute atomic E-state index is 12.3. The molecule has 1 rings (SSSR count). The highest BCUT2D eigenvalue weighted by Crippen LogP contribution is 2.03. The Morgan fingerprint density at radius 3 is 2.32 bits per heavy atom. The van der Waals surface area contributed by atoms with Crippen molar-refractivity contribution in [2.45, 2.75) is 51.4 Å². The molecule has 4 atom stereocenters. The number of aromatic nitrogens is 2. The normalized spacial score (nSPS) is 15.9. The third-order valence-corrected chi connectivity index (χ3v) is 3.68. The van der Waals surface area contributed by atoms with Crippen LogP contribution in [-0.2, 0) is 20.8 Å². The second-order valence-electron chi connectivity index (χ2n) is 6.18. The fourth-order valence-electron chi connectivity index (χ4n) is 2.04. The molecule has 0 saturated carbocycles. The summed E-state index contributed by atoms with van der Waals surface area (Å²) in [6.45, 7) is 4.80. The van der Waals surface area contributed by atoms with Crippen LogP contribution in [-0.4, -0.2) is 62.2 Å². The minimum atomic E-state index is -1.32. The molecule has 4 unspecified atom stereocenters. The number of hydrogen-bond donors (Lipinski definition) is 6. The van der Waals surface area contributed by atoms with Crippen LogP contribution in [0.2, 0.25) is 0 Å². The lowest BCUT2D eigenvalue weighted by molar-refractivity contribution is -0.143. The van der Waals surface area contributed by atoms with Gasteiger partial charge < -0.3 is 31.6 Å². The monoisotopic (exact) mass is 355 g/mol. The zero-order valence-corrected chi connectivity index (χ0v) is 14.4. The fourth-order valence-corrected chi connectivity index (χ4v) is 2.04. The summed E-state index contributed by atoms with van der Waals surface area (Å²) < 4.78 is 0. The van der Waals surface area contributed by atoms with Crippen molar-refractivity contribution < 1.29 is 24.6 Å². The van der Waals surface area contributed by atoms with Crippen LogP contribution in [0.4, 0.5) is 0 Å². The number of nitrogens with one attached hydrogen (secondary N) is 3. The Hall–Kier alpha value is -2.46. The number of nitrogens with zero attached hydrogens (tertiary/aromatic N) is 1. The molecular weight excluding hydrogens is 330 g/mol. The summed E-state index contributed by atoms with van der Waals surface area (Å²) in [6, 6.07) is -3.42. The Labute approximate surface area is 145 Å². The van der Waals surface area contributed by atoms with E-state index in [2.05, 4.69) is 20.6 Å². The number of nitrogens with two attached hydrogens (primary N) is 1. The average Bonchev–Trinajstić information content (AvgIpc) is 3.03. The van der Waals surface area contributed by atoms with Crippen molar-refractivity contribution in [2.75, 3.05) is 0 Å². The van der Waals surface area contributed by atoms with E-state index in [1.165, 1.54) is 19.4 Å². The molecule has 1 heterocycles. The van der Waals surface area contributed by atoms with Gasteiger partial charge in [0.25, 0.3) is 0 Å². The average molecular weight is 355 g/mol. The maximum Gasteiger partial charge on any atom is 0.326 e. The SMILES string of the molecule is CC(C)C(N)C(=O)NC(C(=O)NC(Cc1cnc[nH]1)C(=O)O)C(C)O. The lowest BCUT2D eigenvalue weighted by atomic mass is 10.0. The van der Waals surface area contributed by atoms with E-state index >= 15 is 0 Å². The van der Waals surface area contributed by atoms with Crippen molar-refractivity contribution in [1.82, 2.24) is 20.6 Å². The molecule has 10 nitrogen and oxygen atoms in total. The van der Waals surface area contributed by atoms with E-state index in [9.17, 15) is 24.6 Å². The predicted molar refractivity (Wildman–Crippen MR) is 88.3 cm³/mol. The van der Waals surface area contributed by atoms with Crippen molar-refractivity contribution in [3.8, 4) is 0 Å². The van der Waals surface area contributed by atoms with E-state index in [-0.39, 0.29) is 12.3 Å². The molecule has 0 fully saturated rings. The van der Waals surface area contributed by atoms with Gasteiger partial charge in [0.1, 0.15) is 12.1 Å². The summed E-state index contributed by atoms with van der Waals surface area (Å²) in [5, 5.41) is 23.7. The molecular formula is C15H25N5O5. The number of carbonyl (C=O) groups is 3. The van der Waals surface area contributed by atoms with Gasteiger partial charge in [0.2, 0.25) is 11.8 Å². The van der Waals surface area contributed by atoms with Gasteiger partial charge in [-0.2, -0.15) is 0 Å². The smallest absolute Gasteiger partial charge is 0.326 e. The van der Waals surface area contributed by atoms with Crippen molar-refractivity contribution >= 4 is 17.8 Å². The maximum atomic E-state index is 12.3. The fraction of sp³-hybridized carbons (Fsp3) is 0.600. The molecule has 0 aliphatic heterocycles. The molecule has 25 heavy (non-hydrogen) atoms. The van der Waals surface area contributed by atoms with Crippen LogP contribution in [0.1, 0.15) is 26.5 Å². The molecule has 0 radical (unpaired) electrons. The summed E-state index contributed by atoms with van der Waals surface area (Å²) in [5.41, 5.74) is 6.24. The zero-order valence-electron chi connectivity index (χ0n) is 14.4. The summed E-state index contributed by atoms with van der Waals surface area (Å²) in [7, 11) is 0. The van der Waals surface area contributed by atoms with Crippen LogP contribution >= 0.6 is 0 Å². The summed E-state index contributed by atoms with van der Waals surface area (Å²) in [5.74, 6) is -2.83. The zero-order chi connectivity index (χ0) is 19.1. The summed E-state index contributed by atoms with van der Waals surface area (Å²) >= 11 is 0. The van der Waals surface area contributed by atoms with Crippen LogP contribution in [0.5, 0.6) is 0 Å². The third kappa shape index (κ3) is 6.16. The highest BCUT2D eigenvalue weighted by atomic mass is 16.4. The molecule has 10 heteroatoms. The van der Waals surface area contributed by atoms with Gasteiger partial charge in [-0.05, 0) is 12.8 Å². The number of aromatic amines is 1. The Balaban J connectivity index is 2.79. The van der Waals surface area contributed by atoms with E-state index in [1.54, 1.807) is 13.8 Å². The van der Waals surface area contributed by atoms with E-state index in [0.717, 1.165) is 0 Å². The van der Waals surface area contributed by atoms with Crippen LogP contribution in [0.25, 0.3) is 0 Å². The molecule has 2 amide bonds. The molecule has 0 aromatic carbocycles. The molecule has 7 N–H and O–H groups in total. The van der Waals surface area contributed by atoms with E-state index in [1.807, 2.05) is 0 Å². The first-order valence-corrected chi connectivity index (χ1v) is 7.88. The lowest BCUT2D eigenvalue weighted by Gasteiger charge is -2.25. The summed E-state index contributed by atoms with van der Waals surface area (Å²) in [6.07, 6.45) is 1.58. The van der Waals surface area contributed by atoms with Crippen LogP contribution in [0.3, 0.4) is 0 Å². The third-order valence-electron chi connectivity index (χ3n) is 3.68. The number of aliphatic hydroxyl groups excluding tert-OH is 1. The highest BCUT2D eigenvalue weighted by molar-refractivity contribution is 5.92. The number of rotatable bonds is 9. The molecule has 0 aliphatic carbocycles. The van der Waals surface area contributed by atoms with E-state index < -0.39 is 42.0 Å². The number of aliphatic carboxylic acids is 1. The van der Waals surface area contributed by atoms with Crippen molar-refractivity contribution in [1.29, 1.82) is 0 Å². The number of imidazole rings is 1. The van der Waals surface area contributed by atoms with Crippen LogP contribution in [0.15, 0.2) is 12.5 Å². The Morgan fingerprint density at radius 1 is 1.24 bits per heavy atom. The van der Waals surface area contributed by atoms with Gasteiger partial charge >= 0.3 is 5.97 Å². The first kappa shape index (κ1) is 20.6. The van der Waals surface area contributed by atoms with E-state index in [0.29, 0.717) is 5.69 Å². The molecule has 140 valence electrons. The number of amides is 2. The van der Waals surface area contributed by atoms with Gasteiger partial charge in [0.15, 0.2) is 0 Å². The molecule has 1 aromatic rings. The Morgan fingerprint density at radius 2 is 1.88 bits per heavy atom. The molecule has 0 saturated heterocycles. The molecule has 1 aromatic heterocycles. The van der Waals surface area contributed by atoms with Crippen molar-refractivity contribution in [3.05, 3.63) is 18.2 Å². The van der Waals surface area contributed by atoms with Crippen LogP contribution < -0.4 is 16.4 Å². The first-order valence-electron chi connectivity index (χ1n) is 7.88. The standard InChI is InChI=1S/C15H25N5O5/c1-7(2)11(16)13(22)20-12(8(3)21)14(23)19-10(15(24)25)4-9-5-17-6-18-9/h5-8,10-12,21H,4,16H2,1-3H3,(H,17,18)(H,19,23)(H,20,22)(H,24,25). The molecule has 0 bridgehead atoms. The molecule has 0 spiro atoms. The number of carboxylic acid groups (broad SMARTS) is 1. The highest BCUT2D eigenvalue weighted by Gasteiger charge is 2.31. The van der Waals surface area contributed by atoms with Gasteiger partial charge in [-0.3, -0.25) is 9.59 Å². The van der Waals surface area contributed by atoms with Crippen molar-refractivity contribution in [3.63, 3.8) is 0 Å². The van der Waals surface area contributed by atoms with Gasteiger partial charge in [-0.15, -0.1) is 0 Å². The summed E-state index contributed by atoms with van der Waals surface area (Å²) in [4.78, 5) is 42.2. The van der Waals surface area contributed by atoms with Crippen molar-refractivity contribution in [2.24, 2.45) is 11.7 Å². The number of carboxylic acids is 1. The van der Waals surface area contributed by atoms with Gasteiger partial charge in [-0.1, -0.05) is 13.8 Å². The topological polar surface area (TPSA) is 170 Å². The quantitative estimate of drug-likeness (QED) is 0.309. The number of carbonyl (C=O) groups excluding carboxylic acids is 2. The largest absolute Gasteiger partial charge is 0.480 e. The lowest BCUT2D eigenvalue weighted by Crippen LogP contribution is -2.59. The van der Waals surface area contributed by atoms with Gasteiger partial charge in [0.05, 0.1) is 18.5 Å². The minimum Gasteiger partial charge on any atom is -0.480 e. The number of H-pyrrole nitrogens is 1. The minimum absolute atomic E-state index is 0.0208. The van der Waals surface area contributed by atoms with E-state index in [4.69, 9.17) is 5.73 Å². The number of aliphatic hydroxyl groups is 1.